The fourth-order valence-electron chi connectivity index (χ4n) is 3.68. The molecule has 0 unspecified atom stereocenters. The Morgan fingerprint density at radius 3 is 2.53 bits per heavy atom. The Morgan fingerprint density at radius 2 is 1.91 bits per heavy atom. The molecule has 32 heavy (non-hydrogen) atoms. The molecule has 1 aromatic carbocycles. The lowest BCUT2D eigenvalue weighted by molar-refractivity contribution is -0.141. The van der Waals surface area contributed by atoms with Crippen LogP contribution in [0.2, 0.25) is 0 Å². The topological polar surface area (TPSA) is 101 Å². The Balaban J connectivity index is 1.93. The van der Waals surface area contributed by atoms with Crippen molar-refractivity contribution < 1.29 is 23.1 Å². The van der Waals surface area contributed by atoms with Crippen LogP contribution >= 0.6 is 0 Å². The van der Waals surface area contributed by atoms with Crippen LogP contribution in [0.25, 0.3) is 0 Å². The maximum atomic E-state index is 13.0. The number of hydrogen-bond acceptors (Lipinski definition) is 5. The van der Waals surface area contributed by atoms with Crippen molar-refractivity contribution in [3.05, 3.63) is 52.8 Å². The van der Waals surface area contributed by atoms with Crippen molar-refractivity contribution in [1.29, 1.82) is 0 Å². The van der Waals surface area contributed by atoms with Crippen LogP contribution in [-0.2, 0) is 11.8 Å². The molecule has 0 spiro atoms. The van der Waals surface area contributed by atoms with Crippen LogP contribution in [0, 0.1) is 0 Å². The number of amides is 1. The monoisotopic (exact) mass is 448 g/mol. The molecule has 2 aromatic rings. The van der Waals surface area contributed by atoms with E-state index in [0.29, 0.717) is 16.8 Å². The van der Waals surface area contributed by atoms with E-state index in [4.69, 9.17) is 5.73 Å². The van der Waals surface area contributed by atoms with Crippen LogP contribution in [0.4, 0.5) is 24.5 Å². The van der Waals surface area contributed by atoms with Crippen LogP contribution in [-0.4, -0.2) is 28.3 Å². The second-order valence-corrected chi connectivity index (χ2v) is 8.52. The van der Waals surface area contributed by atoms with Crippen LogP contribution in [0.5, 0.6) is 0 Å². The van der Waals surface area contributed by atoms with Gasteiger partial charge in [0.05, 0.1) is 5.60 Å². The summed E-state index contributed by atoms with van der Waals surface area (Å²) in [6, 6.07) is 6.42. The van der Waals surface area contributed by atoms with Crippen molar-refractivity contribution in [3.63, 3.8) is 0 Å². The molecule has 1 aliphatic carbocycles. The Kier molecular flexibility index (Phi) is 6.88. The van der Waals surface area contributed by atoms with Crippen molar-refractivity contribution in [2.45, 2.75) is 63.8 Å². The van der Waals surface area contributed by atoms with Crippen molar-refractivity contribution in [2.24, 2.45) is 4.99 Å². The van der Waals surface area contributed by atoms with E-state index in [1.807, 2.05) is 0 Å². The molecule has 0 radical (unpaired) electrons. The van der Waals surface area contributed by atoms with Gasteiger partial charge >= 0.3 is 6.18 Å². The maximum absolute atomic E-state index is 13.0. The maximum Gasteiger partial charge on any atom is 0.433 e. The zero-order chi connectivity index (χ0) is 23.5. The Labute approximate surface area is 184 Å². The average Bonchev–Trinajstić information content (AvgIpc) is 2.73. The number of rotatable bonds is 5. The van der Waals surface area contributed by atoms with Gasteiger partial charge < -0.3 is 16.2 Å². The number of hydrogen-bond donors (Lipinski definition) is 3. The van der Waals surface area contributed by atoms with Gasteiger partial charge in [0.25, 0.3) is 5.91 Å². The molecule has 1 heterocycles. The number of aliphatic hydroxyl groups is 1. The van der Waals surface area contributed by atoms with Crippen molar-refractivity contribution in [1.82, 2.24) is 4.98 Å². The third-order valence-electron chi connectivity index (χ3n) is 5.40. The van der Waals surface area contributed by atoms with E-state index in [0.717, 1.165) is 37.8 Å². The lowest BCUT2D eigenvalue weighted by Gasteiger charge is -2.23. The van der Waals surface area contributed by atoms with E-state index < -0.39 is 29.1 Å². The number of carbonyl (C=O) groups is 1. The van der Waals surface area contributed by atoms with Crippen LogP contribution in [0.1, 0.15) is 73.3 Å². The van der Waals surface area contributed by atoms with E-state index in [2.05, 4.69) is 15.3 Å². The Morgan fingerprint density at radius 1 is 1.22 bits per heavy atom. The summed E-state index contributed by atoms with van der Waals surface area (Å²) in [5.41, 5.74) is 4.71. The number of nitrogen functional groups attached to an aromatic ring is 1. The highest BCUT2D eigenvalue weighted by Gasteiger charge is 2.33. The molecule has 4 N–H and O–H groups in total. The highest BCUT2D eigenvalue weighted by molar-refractivity contribution is 6.04. The van der Waals surface area contributed by atoms with Gasteiger partial charge in [0.1, 0.15) is 11.4 Å². The Hall–Kier alpha value is -2.94. The summed E-state index contributed by atoms with van der Waals surface area (Å²) >= 11 is 0. The van der Waals surface area contributed by atoms with Crippen molar-refractivity contribution in [3.8, 4) is 0 Å². The van der Waals surface area contributed by atoms with E-state index >= 15 is 0 Å². The number of benzene rings is 1. The first-order chi connectivity index (χ1) is 14.9. The summed E-state index contributed by atoms with van der Waals surface area (Å²) in [6.07, 6.45) is 2.44. The molecule has 3 rings (SSSR count). The molecule has 0 atom stereocenters. The van der Waals surface area contributed by atoms with Gasteiger partial charge in [0.2, 0.25) is 0 Å². The number of aromatic nitrogens is 1. The number of carbonyl (C=O) groups excluding carboxylic acids is 1. The molecule has 0 bridgehead atoms. The minimum Gasteiger partial charge on any atom is -0.398 e. The second-order valence-electron chi connectivity index (χ2n) is 8.52. The third-order valence-corrected chi connectivity index (χ3v) is 5.40. The molecule has 1 amide bonds. The minimum atomic E-state index is -4.67. The van der Waals surface area contributed by atoms with Crippen molar-refractivity contribution in [2.75, 3.05) is 11.1 Å². The fourth-order valence-corrected chi connectivity index (χ4v) is 3.68. The summed E-state index contributed by atoms with van der Waals surface area (Å²) in [7, 11) is 0. The van der Waals surface area contributed by atoms with Gasteiger partial charge in [-0.1, -0.05) is 25.3 Å². The average molecular weight is 448 g/mol. The number of nitrogens with zero attached hydrogens (tertiary/aromatic N) is 2. The number of anilines is 2. The third kappa shape index (κ3) is 5.85. The smallest absolute Gasteiger partial charge is 0.398 e. The predicted molar refractivity (Wildman–Crippen MR) is 118 cm³/mol. The lowest BCUT2D eigenvalue weighted by atomic mass is 9.93. The molecule has 1 fully saturated rings. The standard InChI is InChI=1S/C23H27F3N4O2/c1-22(2,32)16-12-17(27)14(13-28-15-7-4-3-5-8-15)11-19(16)30-21(31)18-9-6-10-20(29-18)23(24,25)26/h6,9-13,15,32H,3-5,7-8,27H2,1-2H3,(H,30,31). The molecular formula is C23H27F3N4O2. The van der Waals surface area contributed by atoms with E-state index in [-0.39, 0.29) is 11.7 Å². The quantitative estimate of drug-likeness (QED) is 0.447. The van der Waals surface area contributed by atoms with Gasteiger partial charge in [0, 0.05) is 34.8 Å². The number of pyridine rings is 1. The van der Waals surface area contributed by atoms with Gasteiger partial charge in [-0.15, -0.1) is 0 Å². The summed E-state index contributed by atoms with van der Waals surface area (Å²) in [5, 5.41) is 13.1. The van der Waals surface area contributed by atoms with Crippen molar-refractivity contribution >= 4 is 23.5 Å². The van der Waals surface area contributed by atoms with E-state index in [1.54, 1.807) is 12.3 Å². The van der Waals surface area contributed by atoms with Crippen LogP contribution < -0.4 is 11.1 Å². The van der Waals surface area contributed by atoms with E-state index in [9.17, 15) is 23.1 Å². The minimum absolute atomic E-state index is 0.212. The SMILES string of the molecule is CC(C)(O)c1cc(N)c(C=NC2CCCCC2)cc1NC(=O)c1cccc(C(F)(F)F)n1. The molecule has 9 heteroatoms. The molecular weight excluding hydrogens is 421 g/mol. The first-order valence-corrected chi connectivity index (χ1v) is 10.5. The van der Waals surface area contributed by atoms with E-state index in [1.165, 1.54) is 32.4 Å². The summed E-state index contributed by atoms with van der Waals surface area (Å²) in [5.74, 6) is -0.832. The molecule has 1 aromatic heterocycles. The Bertz CT molecular complexity index is 1010. The van der Waals surface area contributed by atoms with Crippen LogP contribution in [0.15, 0.2) is 35.3 Å². The molecule has 0 aliphatic heterocycles. The molecule has 1 aliphatic rings. The van der Waals surface area contributed by atoms with Gasteiger partial charge in [-0.2, -0.15) is 13.2 Å². The fraction of sp³-hybridized carbons (Fsp3) is 0.435. The van der Waals surface area contributed by atoms with Gasteiger partial charge in [-0.25, -0.2) is 4.98 Å². The van der Waals surface area contributed by atoms with Gasteiger partial charge in [0.15, 0.2) is 0 Å². The number of halogens is 3. The predicted octanol–water partition coefficient (Wildman–Crippen LogP) is 4.91. The molecule has 1 saturated carbocycles. The normalized spacial score (nSPS) is 15.8. The van der Waals surface area contributed by atoms with Crippen LogP contribution in [0.3, 0.4) is 0 Å². The van der Waals surface area contributed by atoms with Gasteiger partial charge in [-0.3, -0.25) is 9.79 Å². The lowest BCUT2D eigenvalue weighted by Crippen LogP contribution is -2.23. The van der Waals surface area contributed by atoms with Gasteiger partial charge in [-0.05, 0) is 51.0 Å². The summed E-state index contributed by atoms with van der Waals surface area (Å²) < 4.78 is 38.9. The highest BCUT2D eigenvalue weighted by atomic mass is 19.4. The molecule has 6 nitrogen and oxygen atoms in total. The number of nitrogens with one attached hydrogen (secondary N) is 1. The number of aliphatic imine (C=N–C) groups is 1. The second kappa shape index (κ2) is 9.28. The zero-order valence-corrected chi connectivity index (χ0v) is 18.0. The zero-order valence-electron chi connectivity index (χ0n) is 18.0. The first kappa shape index (κ1) is 23.7. The molecule has 172 valence electrons. The largest absolute Gasteiger partial charge is 0.433 e. The summed E-state index contributed by atoms with van der Waals surface area (Å²) in [4.78, 5) is 20.7. The number of nitrogens with two attached hydrogens (primary N) is 1. The highest BCUT2D eigenvalue weighted by Crippen LogP contribution is 2.33. The first-order valence-electron chi connectivity index (χ1n) is 10.5. The molecule has 0 saturated heterocycles. The number of alkyl halides is 3. The summed E-state index contributed by atoms with van der Waals surface area (Å²) in [6.45, 7) is 3.05.